The first-order valence-electron chi connectivity index (χ1n) is 6.63. The van der Waals surface area contributed by atoms with Crippen LogP contribution in [0.3, 0.4) is 0 Å². The molecular formula is C13H22BrN3O. The van der Waals surface area contributed by atoms with Crippen LogP contribution in [0.2, 0.25) is 0 Å². The van der Waals surface area contributed by atoms with Gasteiger partial charge in [-0.15, -0.1) is 0 Å². The predicted molar refractivity (Wildman–Crippen MR) is 75.6 cm³/mol. The maximum Gasteiger partial charge on any atom is 0.0739 e. The zero-order valence-corrected chi connectivity index (χ0v) is 13.0. The quantitative estimate of drug-likeness (QED) is 0.836. The lowest BCUT2D eigenvalue weighted by molar-refractivity contribution is 0.0716. The maximum absolute atomic E-state index is 5.71. The molecule has 0 spiro atoms. The van der Waals surface area contributed by atoms with E-state index in [4.69, 9.17) is 4.74 Å². The topological polar surface area (TPSA) is 30.3 Å². The Balaban J connectivity index is 2.00. The standard InChI is InChI=1S/C13H22BrN3O/c1-4-17(8-11-6-5-7-18-11)9-12-13(14)10(2)15-16(12)3/h11H,4-9H2,1-3H3. The molecular weight excluding hydrogens is 294 g/mol. The van der Waals surface area contributed by atoms with E-state index >= 15 is 0 Å². The second-order valence-electron chi connectivity index (χ2n) is 4.93. The van der Waals surface area contributed by atoms with Crippen LogP contribution < -0.4 is 0 Å². The minimum Gasteiger partial charge on any atom is -0.377 e. The molecule has 4 nitrogen and oxygen atoms in total. The highest BCUT2D eigenvalue weighted by atomic mass is 79.9. The molecule has 1 aliphatic rings. The molecule has 0 aliphatic carbocycles. The van der Waals surface area contributed by atoms with Gasteiger partial charge in [0.1, 0.15) is 0 Å². The van der Waals surface area contributed by atoms with E-state index in [1.165, 1.54) is 18.5 Å². The summed E-state index contributed by atoms with van der Waals surface area (Å²) in [5.74, 6) is 0. The van der Waals surface area contributed by atoms with Gasteiger partial charge in [-0.1, -0.05) is 6.92 Å². The van der Waals surface area contributed by atoms with Crippen LogP contribution in [-0.4, -0.2) is 40.5 Å². The van der Waals surface area contributed by atoms with Gasteiger partial charge in [-0.25, -0.2) is 0 Å². The van der Waals surface area contributed by atoms with Crippen molar-refractivity contribution in [1.82, 2.24) is 14.7 Å². The lowest BCUT2D eigenvalue weighted by Crippen LogP contribution is -2.32. The summed E-state index contributed by atoms with van der Waals surface area (Å²) in [5, 5.41) is 4.44. The van der Waals surface area contributed by atoms with Gasteiger partial charge in [0.2, 0.25) is 0 Å². The number of aryl methyl sites for hydroxylation is 2. The summed E-state index contributed by atoms with van der Waals surface area (Å²) in [6.45, 7) is 8.14. The van der Waals surface area contributed by atoms with Gasteiger partial charge in [-0.05, 0) is 42.2 Å². The summed E-state index contributed by atoms with van der Waals surface area (Å²) in [5.41, 5.74) is 2.30. The molecule has 1 saturated heterocycles. The number of aromatic nitrogens is 2. The summed E-state index contributed by atoms with van der Waals surface area (Å²) >= 11 is 3.63. The summed E-state index contributed by atoms with van der Waals surface area (Å²) in [6, 6.07) is 0. The number of hydrogen-bond donors (Lipinski definition) is 0. The van der Waals surface area contributed by atoms with E-state index in [0.717, 1.165) is 36.4 Å². The Morgan fingerprint density at radius 3 is 2.83 bits per heavy atom. The van der Waals surface area contributed by atoms with Crippen LogP contribution in [0.5, 0.6) is 0 Å². The number of nitrogens with zero attached hydrogens (tertiary/aromatic N) is 3. The smallest absolute Gasteiger partial charge is 0.0739 e. The molecule has 1 aromatic rings. The number of rotatable bonds is 5. The van der Waals surface area contributed by atoms with Gasteiger partial charge in [0, 0.05) is 26.7 Å². The van der Waals surface area contributed by atoms with Gasteiger partial charge >= 0.3 is 0 Å². The van der Waals surface area contributed by atoms with E-state index in [9.17, 15) is 0 Å². The molecule has 1 aromatic heterocycles. The van der Waals surface area contributed by atoms with Gasteiger partial charge < -0.3 is 4.74 Å². The van der Waals surface area contributed by atoms with Crippen molar-refractivity contribution in [1.29, 1.82) is 0 Å². The third-order valence-electron chi connectivity index (χ3n) is 3.57. The SMILES string of the molecule is CCN(Cc1c(Br)c(C)nn1C)CC1CCCO1. The van der Waals surface area contributed by atoms with E-state index in [1.807, 2.05) is 18.7 Å². The van der Waals surface area contributed by atoms with E-state index in [2.05, 4.69) is 32.9 Å². The van der Waals surface area contributed by atoms with Crippen molar-refractivity contribution in [2.24, 2.45) is 7.05 Å². The van der Waals surface area contributed by atoms with Crippen LogP contribution >= 0.6 is 15.9 Å². The maximum atomic E-state index is 5.71. The molecule has 0 radical (unpaired) electrons. The number of halogens is 1. The van der Waals surface area contributed by atoms with E-state index < -0.39 is 0 Å². The fourth-order valence-electron chi connectivity index (χ4n) is 2.45. The third-order valence-corrected chi connectivity index (χ3v) is 4.60. The molecule has 1 unspecified atom stereocenters. The molecule has 0 bridgehead atoms. The number of likely N-dealkylation sites (N-methyl/N-ethyl adjacent to an activating group) is 1. The Kier molecular flexibility index (Phi) is 4.81. The van der Waals surface area contributed by atoms with Crippen molar-refractivity contribution in [3.8, 4) is 0 Å². The zero-order valence-electron chi connectivity index (χ0n) is 11.4. The monoisotopic (exact) mass is 315 g/mol. The molecule has 102 valence electrons. The van der Waals surface area contributed by atoms with Crippen molar-refractivity contribution in [2.45, 2.75) is 39.3 Å². The van der Waals surface area contributed by atoms with Crippen molar-refractivity contribution in [3.63, 3.8) is 0 Å². The van der Waals surface area contributed by atoms with Crippen molar-refractivity contribution in [2.75, 3.05) is 19.7 Å². The van der Waals surface area contributed by atoms with Crippen LogP contribution in [0.25, 0.3) is 0 Å². The Morgan fingerprint density at radius 2 is 2.33 bits per heavy atom. The van der Waals surface area contributed by atoms with Crippen molar-refractivity contribution in [3.05, 3.63) is 15.9 Å². The molecule has 1 fully saturated rings. The summed E-state index contributed by atoms with van der Waals surface area (Å²) in [4.78, 5) is 2.43. The largest absolute Gasteiger partial charge is 0.377 e. The highest BCUT2D eigenvalue weighted by Gasteiger charge is 2.20. The number of hydrogen-bond acceptors (Lipinski definition) is 3. The van der Waals surface area contributed by atoms with E-state index in [0.29, 0.717) is 6.10 Å². The first kappa shape index (κ1) is 14.0. The molecule has 0 amide bonds. The lowest BCUT2D eigenvalue weighted by atomic mass is 10.2. The second-order valence-corrected chi connectivity index (χ2v) is 5.73. The Labute approximate surface area is 117 Å². The average molecular weight is 316 g/mol. The molecule has 0 aromatic carbocycles. The zero-order chi connectivity index (χ0) is 13.1. The Morgan fingerprint density at radius 1 is 1.56 bits per heavy atom. The van der Waals surface area contributed by atoms with Crippen LogP contribution in [0.15, 0.2) is 4.47 Å². The van der Waals surface area contributed by atoms with E-state index in [-0.39, 0.29) is 0 Å². The molecule has 2 heterocycles. The second kappa shape index (κ2) is 6.17. The first-order valence-corrected chi connectivity index (χ1v) is 7.43. The van der Waals surface area contributed by atoms with E-state index in [1.54, 1.807) is 0 Å². The minimum atomic E-state index is 0.415. The highest BCUT2D eigenvalue weighted by molar-refractivity contribution is 9.10. The summed E-state index contributed by atoms with van der Waals surface area (Å²) in [6.07, 6.45) is 2.82. The predicted octanol–water partition coefficient (Wildman–Crippen LogP) is 2.49. The normalized spacial score (nSPS) is 19.9. The molecule has 0 N–H and O–H groups in total. The van der Waals surface area contributed by atoms with Crippen LogP contribution in [0, 0.1) is 6.92 Å². The molecule has 1 aliphatic heterocycles. The van der Waals surface area contributed by atoms with Gasteiger partial charge in [0.15, 0.2) is 0 Å². The van der Waals surface area contributed by atoms with Crippen LogP contribution in [0.1, 0.15) is 31.2 Å². The fraction of sp³-hybridized carbons (Fsp3) is 0.769. The van der Waals surface area contributed by atoms with Gasteiger partial charge in [-0.2, -0.15) is 5.10 Å². The van der Waals surface area contributed by atoms with Gasteiger partial charge in [-0.3, -0.25) is 9.58 Å². The minimum absolute atomic E-state index is 0.415. The highest BCUT2D eigenvalue weighted by Crippen LogP contribution is 2.22. The third kappa shape index (κ3) is 3.13. The molecule has 0 saturated carbocycles. The van der Waals surface area contributed by atoms with Gasteiger partial charge in [0.05, 0.1) is 22.0 Å². The van der Waals surface area contributed by atoms with Crippen LogP contribution in [0.4, 0.5) is 0 Å². The molecule has 1 atom stereocenters. The Bertz CT molecular complexity index is 399. The number of ether oxygens (including phenoxy) is 1. The molecule has 18 heavy (non-hydrogen) atoms. The van der Waals surface area contributed by atoms with Crippen molar-refractivity contribution < 1.29 is 4.74 Å². The first-order chi connectivity index (χ1) is 8.61. The summed E-state index contributed by atoms with van der Waals surface area (Å²) < 4.78 is 8.82. The summed E-state index contributed by atoms with van der Waals surface area (Å²) in [7, 11) is 2.01. The van der Waals surface area contributed by atoms with Gasteiger partial charge in [0.25, 0.3) is 0 Å². The fourth-order valence-corrected chi connectivity index (χ4v) is 2.91. The van der Waals surface area contributed by atoms with Crippen LogP contribution in [-0.2, 0) is 18.3 Å². The Hall–Kier alpha value is -0.390. The average Bonchev–Trinajstić information content (AvgIpc) is 2.92. The lowest BCUT2D eigenvalue weighted by Gasteiger charge is -2.23. The van der Waals surface area contributed by atoms with Crippen molar-refractivity contribution >= 4 is 15.9 Å². The molecule has 5 heteroatoms. The molecule has 2 rings (SSSR count).